The number of hydrogen-bond donors (Lipinski definition) is 1. The summed E-state index contributed by atoms with van der Waals surface area (Å²) >= 11 is 0. The monoisotopic (exact) mass is 274 g/mol. The molecule has 0 unspecified atom stereocenters. The summed E-state index contributed by atoms with van der Waals surface area (Å²) in [6, 6.07) is 9.47. The molecule has 2 rings (SSSR count). The summed E-state index contributed by atoms with van der Waals surface area (Å²) < 4.78 is 5.65. The van der Waals surface area contributed by atoms with Crippen LogP contribution in [0.25, 0.3) is 11.0 Å². The predicted octanol–water partition coefficient (Wildman–Crippen LogP) is 2.88. The highest BCUT2D eigenvalue weighted by Gasteiger charge is 2.20. The number of benzene rings is 1. The maximum Gasteiger partial charge on any atom is 0.289 e. The number of carbonyl (C=O) groups is 1. The summed E-state index contributed by atoms with van der Waals surface area (Å²) in [4.78, 5) is 14.4. The van der Waals surface area contributed by atoms with Gasteiger partial charge in [-0.25, -0.2) is 0 Å². The van der Waals surface area contributed by atoms with E-state index < -0.39 is 0 Å². The molecule has 0 spiro atoms. The van der Waals surface area contributed by atoms with Gasteiger partial charge in [0.15, 0.2) is 5.76 Å². The lowest BCUT2D eigenvalue weighted by atomic mass is 10.2. The molecule has 0 saturated carbocycles. The first-order valence-electron chi connectivity index (χ1n) is 7.09. The molecule has 0 aliphatic carbocycles. The third kappa shape index (κ3) is 3.39. The van der Waals surface area contributed by atoms with Gasteiger partial charge >= 0.3 is 0 Å². The van der Waals surface area contributed by atoms with Gasteiger partial charge in [-0.1, -0.05) is 32.0 Å². The third-order valence-electron chi connectivity index (χ3n) is 3.14. The molecule has 0 atom stereocenters. The SMILES string of the molecule is CC(C)CN(CCCN)C(=O)c1cc2ccccc2o1. The highest BCUT2D eigenvalue weighted by Crippen LogP contribution is 2.20. The van der Waals surface area contributed by atoms with E-state index >= 15 is 0 Å². The largest absolute Gasteiger partial charge is 0.451 e. The molecule has 0 fully saturated rings. The highest BCUT2D eigenvalue weighted by atomic mass is 16.3. The summed E-state index contributed by atoms with van der Waals surface area (Å²) in [5.74, 6) is 0.772. The number of carbonyl (C=O) groups excluding carboxylic acids is 1. The van der Waals surface area contributed by atoms with Crippen molar-refractivity contribution in [2.75, 3.05) is 19.6 Å². The number of hydrogen-bond acceptors (Lipinski definition) is 3. The Labute approximate surface area is 119 Å². The van der Waals surface area contributed by atoms with Gasteiger partial charge in [-0.2, -0.15) is 0 Å². The van der Waals surface area contributed by atoms with Crippen molar-refractivity contribution in [3.63, 3.8) is 0 Å². The average Bonchev–Trinajstić information content (AvgIpc) is 2.86. The van der Waals surface area contributed by atoms with Crippen LogP contribution >= 0.6 is 0 Å². The summed E-state index contributed by atoms with van der Waals surface area (Å²) in [6.07, 6.45) is 0.804. The first-order chi connectivity index (χ1) is 9.61. The predicted molar refractivity (Wildman–Crippen MR) is 80.6 cm³/mol. The van der Waals surface area contributed by atoms with Crippen molar-refractivity contribution in [1.82, 2.24) is 4.90 Å². The molecular weight excluding hydrogens is 252 g/mol. The Bertz CT molecular complexity index is 542. The Kier molecular flexibility index (Phi) is 4.79. The normalized spacial score (nSPS) is 11.2. The molecule has 0 aliphatic rings. The molecule has 1 amide bonds. The van der Waals surface area contributed by atoms with E-state index in [1.54, 1.807) is 0 Å². The topological polar surface area (TPSA) is 59.5 Å². The molecular formula is C16H22N2O2. The minimum atomic E-state index is -0.0525. The maximum absolute atomic E-state index is 12.5. The molecule has 0 aliphatic heterocycles. The zero-order chi connectivity index (χ0) is 14.5. The van der Waals surface area contributed by atoms with Crippen LogP contribution in [0.1, 0.15) is 30.8 Å². The third-order valence-corrected chi connectivity index (χ3v) is 3.14. The van der Waals surface area contributed by atoms with Crippen molar-refractivity contribution in [3.8, 4) is 0 Å². The van der Waals surface area contributed by atoms with Crippen LogP contribution in [0.4, 0.5) is 0 Å². The number of para-hydroxylation sites is 1. The summed E-state index contributed by atoms with van der Waals surface area (Å²) in [6.45, 7) is 6.17. The van der Waals surface area contributed by atoms with Crippen molar-refractivity contribution in [2.24, 2.45) is 11.7 Å². The van der Waals surface area contributed by atoms with Crippen LogP contribution < -0.4 is 5.73 Å². The molecule has 1 aromatic carbocycles. The Morgan fingerprint density at radius 3 is 2.75 bits per heavy atom. The lowest BCUT2D eigenvalue weighted by Gasteiger charge is -2.23. The molecule has 0 bridgehead atoms. The van der Waals surface area contributed by atoms with E-state index in [9.17, 15) is 4.79 Å². The van der Waals surface area contributed by atoms with Gasteiger partial charge in [0.25, 0.3) is 5.91 Å². The second-order valence-electron chi connectivity index (χ2n) is 5.44. The second-order valence-corrected chi connectivity index (χ2v) is 5.44. The molecule has 2 N–H and O–H groups in total. The average molecular weight is 274 g/mol. The molecule has 108 valence electrons. The second kappa shape index (κ2) is 6.57. The smallest absolute Gasteiger partial charge is 0.289 e. The molecule has 2 aromatic rings. The van der Waals surface area contributed by atoms with E-state index in [-0.39, 0.29) is 5.91 Å². The zero-order valence-electron chi connectivity index (χ0n) is 12.1. The maximum atomic E-state index is 12.5. The van der Waals surface area contributed by atoms with Gasteiger partial charge in [-0.05, 0) is 31.0 Å². The van der Waals surface area contributed by atoms with Gasteiger partial charge in [-0.15, -0.1) is 0 Å². The van der Waals surface area contributed by atoms with Crippen LogP contribution in [0, 0.1) is 5.92 Å². The standard InChI is InChI=1S/C16H22N2O2/c1-12(2)11-18(9-5-8-17)16(19)15-10-13-6-3-4-7-14(13)20-15/h3-4,6-7,10,12H,5,8-9,11,17H2,1-2H3. The van der Waals surface area contributed by atoms with E-state index in [1.165, 1.54) is 0 Å². The number of amides is 1. The van der Waals surface area contributed by atoms with Crippen LogP contribution in [-0.4, -0.2) is 30.4 Å². The van der Waals surface area contributed by atoms with Gasteiger partial charge in [0.05, 0.1) is 0 Å². The molecule has 1 aromatic heterocycles. The van der Waals surface area contributed by atoms with Crippen LogP contribution in [0.2, 0.25) is 0 Å². The molecule has 0 radical (unpaired) electrons. The number of furan rings is 1. The van der Waals surface area contributed by atoms with E-state index in [2.05, 4.69) is 13.8 Å². The minimum absolute atomic E-state index is 0.0525. The molecule has 1 heterocycles. The fourth-order valence-corrected chi connectivity index (χ4v) is 2.24. The van der Waals surface area contributed by atoms with E-state index in [4.69, 9.17) is 10.2 Å². The van der Waals surface area contributed by atoms with E-state index in [0.29, 0.717) is 24.8 Å². The lowest BCUT2D eigenvalue weighted by Crippen LogP contribution is -2.35. The fourth-order valence-electron chi connectivity index (χ4n) is 2.24. The fraction of sp³-hybridized carbons (Fsp3) is 0.438. The molecule has 20 heavy (non-hydrogen) atoms. The van der Waals surface area contributed by atoms with E-state index in [0.717, 1.165) is 23.9 Å². The van der Waals surface area contributed by atoms with Crippen molar-refractivity contribution < 1.29 is 9.21 Å². The number of nitrogens with zero attached hydrogens (tertiary/aromatic N) is 1. The van der Waals surface area contributed by atoms with Crippen LogP contribution in [0.3, 0.4) is 0 Å². The highest BCUT2D eigenvalue weighted by molar-refractivity contribution is 5.96. The summed E-state index contributed by atoms with van der Waals surface area (Å²) in [5, 5.41) is 0.958. The Hall–Kier alpha value is -1.81. The van der Waals surface area contributed by atoms with Crippen LogP contribution in [0.5, 0.6) is 0 Å². The van der Waals surface area contributed by atoms with Crippen molar-refractivity contribution >= 4 is 16.9 Å². The lowest BCUT2D eigenvalue weighted by molar-refractivity contribution is 0.0705. The van der Waals surface area contributed by atoms with Crippen molar-refractivity contribution in [2.45, 2.75) is 20.3 Å². The van der Waals surface area contributed by atoms with Gasteiger partial charge in [0.2, 0.25) is 0 Å². The van der Waals surface area contributed by atoms with Crippen LogP contribution in [0.15, 0.2) is 34.7 Å². The van der Waals surface area contributed by atoms with Crippen molar-refractivity contribution in [3.05, 3.63) is 36.1 Å². The summed E-state index contributed by atoms with van der Waals surface area (Å²) in [5.41, 5.74) is 6.30. The van der Waals surface area contributed by atoms with Gasteiger partial charge < -0.3 is 15.1 Å². The quantitative estimate of drug-likeness (QED) is 0.881. The Morgan fingerprint density at radius 2 is 2.10 bits per heavy atom. The van der Waals surface area contributed by atoms with Crippen LogP contribution in [-0.2, 0) is 0 Å². The number of fused-ring (bicyclic) bond motifs is 1. The minimum Gasteiger partial charge on any atom is -0.451 e. The Balaban J connectivity index is 2.20. The molecule has 4 nitrogen and oxygen atoms in total. The van der Waals surface area contributed by atoms with Gasteiger partial charge in [0, 0.05) is 18.5 Å². The first kappa shape index (κ1) is 14.6. The van der Waals surface area contributed by atoms with E-state index in [1.807, 2.05) is 35.2 Å². The van der Waals surface area contributed by atoms with Gasteiger partial charge in [0.1, 0.15) is 5.58 Å². The number of nitrogens with two attached hydrogens (primary N) is 1. The molecule has 4 heteroatoms. The molecule has 0 saturated heterocycles. The number of rotatable bonds is 6. The Morgan fingerprint density at radius 1 is 1.35 bits per heavy atom. The van der Waals surface area contributed by atoms with Crippen molar-refractivity contribution in [1.29, 1.82) is 0 Å². The van der Waals surface area contributed by atoms with Gasteiger partial charge in [-0.3, -0.25) is 4.79 Å². The zero-order valence-corrected chi connectivity index (χ0v) is 12.1. The first-order valence-corrected chi connectivity index (χ1v) is 7.09. The summed E-state index contributed by atoms with van der Waals surface area (Å²) in [7, 11) is 0.